The summed E-state index contributed by atoms with van der Waals surface area (Å²) in [6, 6.07) is 0. The van der Waals surface area contributed by atoms with E-state index in [1.807, 2.05) is 0 Å². The van der Waals surface area contributed by atoms with Crippen molar-refractivity contribution in [2.45, 2.75) is 220 Å². The summed E-state index contributed by atoms with van der Waals surface area (Å²) in [5, 5.41) is 0. The molecule has 0 amide bonds. The number of unbranched alkanes of at least 4 members (excludes halogenated alkanes) is 26. The van der Waals surface area contributed by atoms with E-state index in [4.69, 9.17) is 0 Å². The molecule has 1 aliphatic heterocycles. The molecule has 1 atom stereocenters. The van der Waals surface area contributed by atoms with Crippen LogP contribution >= 0.6 is 0 Å². The Kier molecular flexibility index (Phi) is 27.9. The lowest BCUT2D eigenvalue weighted by atomic mass is 10.0. The van der Waals surface area contributed by atoms with Crippen LogP contribution in [0.3, 0.4) is 0 Å². The number of rotatable bonds is 32. The third-order valence-electron chi connectivity index (χ3n) is 9.32. The molecule has 0 saturated carbocycles. The molecule has 0 bridgehead atoms. The molecule has 0 spiro atoms. The fourth-order valence-electron chi connectivity index (χ4n) is 6.51. The summed E-state index contributed by atoms with van der Waals surface area (Å²) in [4.78, 5) is 5.35. The summed E-state index contributed by atoms with van der Waals surface area (Å²) in [5.74, 6) is 0. The van der Waals surface area contributed by atoms with Crippen LogP contribution in [0.15, 0.2) is 12.4 Å². The van der Waals surface area contributed by atoms with Gasteiger partial charge in [-0.15, -0.1) is 0 Å². The predicted molar refractivity (Wildman–Crippen MR) is 182 cm³/mol. The number of hydrogen-bond acceptors (Lipinski definition) is 2. The van der Waals surface area contributed by atoms with Gasteiger partial charge in [0.1, 0.15) is 6.17 Å². The van der Waals surface area contributed by atoms with Crippen LogP contribution in [0, 0.1) is 0 Å². The van der Waals surface area contributed by atoms with Crippen molar-refractivity contribution in [1.29, 1.82) is 0 Å². The van der Waals surface area contributed by atoms with E-state index in [9.17, 15) is 0 Å². The number of hydrogen-bond donors (Lipinski definition) is 0. The zero-order valence-electron chi connectivity index (χ0n) is 28.3. The Bertz CT molecular complexity index is 516. The standard InChI is InChI=1S/C38H76N2/c1-4-7-10-12-14-16-18-20-21-22-24-26-28-30-32-35-40-37-36-39(34-9-6-3)38(40)33-31-29-27-25-23-19-17-15-13-11-8-5-2/h36-38H,4-35H2,1-3H3. The minimum atomic E-state index is 0.640. The third kappa shape index (κ3) is 22.0. The molecule has 0 aromatic rings. The van der Waals surface area contributed by atoms with Crippen LogP contribution in [-0.4, -0.2) is 29.1 Å². The minimum Gasteiger partial charge on any atom is -0.356 e. The van der Waals surface area contributed by atoms with Gasteiger partial charge in [0.15, 0.2) is 0 Å². The van der Waals surface area contributed by atoms with Crippen LogP contribution in [0.4, 0.5) is 0 Å². The maximum atomic E-state index is 2.69. The maximum Gasteiger partial charge on any atom is 0.101 e. The molecule has 0 aliphatic carbocycles. The Balaban J connectivity index is 2.03. The molecule has 2 nitrogen and oxygen atoms in total. The van der Waals surface area contributed by atoms with Crippen molar-refractivity contribution in [2.24, 2.45) is 0 Å². The second kappa shape index (κ2) is 29.8. The summed E-state index contributed by atoms with van der Waals surface area (Å²) >= 11 is 0. The van der Waals surface area contributed by atoms with E-state index >= 15 is 0 Å². The fraction of sp³-hybridized carbons (Fsp3) is 0.947. The highest BCUT2D eigenvalue weighted by Crippen LogP contribution is 2.24. The van der Waals surface area contributed by atoms with Crippen molar-refractivity contribution in [3.05, 3.63) is 12.4 Å². The Morgan fingerprint density at radius 2 is 0.600 bits per heavy atom. The second-order valence-electron chi connectivity index (χ2n) is 13.2. The first-order chi connectivity index (χ1) is 19.8. The summed E-state index contributed by atoms with van der Waals surface area (Å²) in [5.41, 5.74) is 0. The Labute approximate surface area is 254 Å². The van der Waals surface area contributed by atoms with Crippen molar-refractivity contribution in [2.75, 3.05) is 13.1 Å². The van der Waals surface area contributed by atoms with Crippen LogP contribution in [-0.2, 0) is 0 Å². The molecule has 1 heterocycles. The molecular weight excluding hydrogens is 484 g/mol. The van der Waals surface area contributed by atoms with Crippen molar-refractivity contribution >= 4 is 0 Å². The van der Waals surface area contributed by atoms with Crippen LogP contribution in [0.25, 0.3) is 0 Å². The van der Waals surface area contributed by atoms with E-state index in [1.54, 1.807) is 0 Å². The third-order valence-corrected chi connectivity index (χ3v) is 9.32. The second-order valence-corrected chi connectivity index (χ2v) is 13.2. The van der Waals surface area contributed by atoms with Gasteiger partial charge in [0.05, 0.1) is 0 Å². The van der Waals surface area contributed by atoms with Gasteiger partial charge >= 0.3 is 0 Å². The van der Waals surface area contributed by atoms with Gasteiger partial charge in [-0.25, -0.2) is 0 Å². The molecule has 0 aromatic carbocycles. The van der Waals surface area contributed by atoms with Gasteiger partial charge in [0.2, 0.25) is 0 Å². The van der Waals surface area contributed by atoms with Crippen LogP contribution in [0.1, 0.15) is 213 Å². The lowest BCUT2D eigenvalue weighted by Crippen LogP contribution is -2.39. The van der Waals surface area contributed by atoms with E-state index in [2.05, 4.69) is 43.0 Å². The quantitative estimate of drug-likeness (QED) is 0.0755. The molecule has 0 aromatic heterocycles. The van der Waals surface area contributed by atoms with Crippen LogP contribution in [0.2, 0.25) is 0 Å². The minimum absolute atomic E-state index is 0.640. The number of nitrogens with zero attached hydrogens (tertiary/aromatic N) is 2. The first-order valence-corrected chi connectivity index (χ1v) is 19.0. The van der Waals surface area contributed by atoms with E-state index in [1.165, 1.54) is 206 Å². The van der Waals surface area contributed by atoms with Crippen molar-refractivity contribution in [3.8, 4) is 0 Å². The van der Waals surface area contributed by atoms with Crippen LogP contribution < -0.4 is 0 Å². The average Bonchev–Trinajstić information content (AvgIpc) is 3.35. The lowest BCUT2D eigenvalue weighted by molar-refractivity contribution is 0.136. The molecule has 0 fully saturated rings. The van der Waals surface area contributed by atoms with Gasteiger partial charge in [-0.2, -0.15) is 0 Å². The highest BCUT2D eigenvalue weighted by molar-refractivity contribution is 4.96. The summed E-state index contributed by atoms with van der Waals surface area (Å²) in [6.07, 6.45) is 48.5. The highest BCUT2D eigenvalue weighted by atomic mass is 15.4. The van der Waals surface area contributed by atoms with Crippen molar-refractivity contribution in [1.82, 2.24) is 9.80 Å². The molecule has 0 radical (unpaired) electrons. The molecule has 40 heavy (non-hydrogen) atoms. The molecule has 1 aliphatic rings. The Morgan fingerprint density at radius 1 is 0.325 bits per heavy atom. The highest BCUT2D eigenvalue weighted by Gasteiger charge is 2.24. The summed E-state index contributed by atoms with van der Waals surface area (Å²) in [7, 11) is 0. The zero-order valence-corrected chi connectivity index (χ0v) is 28.3. The van der Waals surface area contributed by atoms with E-state index < -0.39 is 0 Å². The van der Waals surface area contributed by atoms with Gasteiger partial charge in [0, 0.05) is 25.5 Å². The molecule has 2 heteroatoms. The Hall–Kier alpha value is -0.660. The van der Waals surface area contributed by atoms with Crippen molar-refractivity contribution < 1.29 is 0 Å². The first-order valence-electron chi connectivity index (χ1n) is 19.0. The molecular formula is C38H76N2. The molecule has 238 valence electrons. The zero-order chi connectivity index (χ0) is 28.8. The predicted octanol–water partition coefficient (Wildman–Crippen LogP) is 13.2. The van der Waals surface area contributed by atoms with E-state index in [0.29, 0.717) is 6.17 Å². The lowest BCUT2D eigenvalue weighted by Gasteiger charge is -2.33. The normalized spacial score (nSPS) is 15.1. The van der Waals surface area contributed by atoms with Gasteiger partial charge in [-0.05, 0) is 25.7 Å². The SMILES string of the molecule is CCCCCCCCCCCCCCCCCN1C=CN(CCCC)C1CCCCCCCCCCCCCC. The van der Waals surface area contributed by atoms with E-state index in [-0.39, 0.29) is 0 Å². The van der Waals surface area contributed by atoms with Crippen LogP contribution in [0.5, 0.6) is 0 Å². The Morgan fingerprint density at radius 3 is 0.950 bits per heavy atom. The van der Waals surface area contributed by atoms with Gasteiger partial charge in [0.25, 0.3) is 0 Å². The fourth-order valence-corrected chi connectivity index (χ4v) is 6.51. The smallest absolute Gasteiger partial charge is 0.101 e. The average molecular weight is 561 g/mol. The molecule has 0 N–H and O–H groups in total. The maximum absolute atomic E-state index is 2.69. The molecule has 0 saturated heterocycles. The molecule has 1 rings (SSSR count). The van der Waals surface area contributed by atoms with Gasteiger partial charge < -0.3 is 9.80 Å². The van der Waals surface area contributed by atoms with E-state index in [0.717, 1.165) is 0 Å². The van der Waals surface area contributed by atoms with Gasteiger partial charge in [-0.1, -0.05) is 188 Å². The summed E-state index contributed by atoms with van der Waals surface area (Å²) < 4.78 is 0. The van der Waals surface area contributed by atoms with Gasteiger partial charge in [-0.3, -0.25) is 0 Å². The first kappa shape index (κ1) is 37.4. The largest absolute Gasteiger partial charge is 0.356 e. The van der Waals surface area contributed by atoms with Crippen molar-refractivity contribution in [3.63, 3.8) is 0 Å². The molecule has 1 unspecified atom stereocenters. The summed E-state index contributed by atoms with van der Waals surface area (Å²) in [6.45, 7) is 9.45. The topological polar surface area (TPSA) is 6.48 Å². The monoisotopic (exact) mass is 561 g/mol.